The van der Waals surface area contributed by atoms with Crippen LogP contribution in [0.4, 0.5) is 0 Å². The van der Waals surface area contributed by atoms with Crippen LogP contribution in [0.1, 0.15) is 166 Å². The number of carbonyl (C=O) groups excluding carboxylic acids is 2. The molecule has 0 saturated heterocycles. The third-order valence-corrected chi connectivity index (χ3v) is 8.15. The van der Waals surface area contributed by atoms with Gasteiger partial charge in [-0.1, -0.05) is 120 Å². The molecule has 2 atom stereocenters. The van der Waals surface area contributed by atoms with E-state index in [0.29, 0.717) is 0 Å². The molecule has 0 N–H and O–H groups in total. The Hall–Kier alpha value is 0.576. The summed E-state index contributed by atoms with van der Waals surface area (Å²) in [7, 11) is 0. The Morgan fingerprint density at radius 2 is 0.778 bits per heavy atom. The van der Waals surface area contributed by atoms with Crippen molar-refractivity contribution in [2.75, 3.05) is 0 Å². The second-order valence-electron chi connectivity index (χ2n) is 13.1. The molecule has 0 heterocycles. The van der Waals surface area contributed by atoms with Crippen LogP contribution in [-0.2, 0) is 19.1 Å². The standard InChI is InChI=1S/C31H60O4.K.H/c1-11-13-15-17-19-21-23-30(9,28(3,4)5)34-26(32)25-27(33)35-31(10,29(6,7)8)24-22-20-18-16-14-12-2;;/h11-25H2,1-10H3;;. The van der Waals surface area contributed by atoms with Crippen molar-refractivity contribution in [2.24, 2.45) is 10.8 Å². The Bertz CT molecular complexity index is 553. The fraction of sp³-hybridized carbons (Fsp3) is 0.935. The van der Waals surface area contributed by atoms with Gasteiger partial charge in [0, 0.05) is 10.8 Å². The molecule has 0 aromatic carbocycles. The molecular weight excluding hydrogens is 475 g/mol. The number of ether oxygens (including phenoxy) is 2. The van der Waals surface area contributed by atoms with Gasteiger partial charge in [-0.25, -0.2) is 0 Å². The second-order valence-corrected chi connectivity index (χ2v) is 13.1. The van der Waals surface area contributed by atoms with Gasteiger partial charge in [0.05, 0.1) is 0 Å². The summed E-state index contributed by atoms with van der Waals surface area (Å²) >= 11 is 0. The first-order valence-electron chi connectivity index (χ1n) is 14.6. The molecule has 2 unspecified atom stereocenters. The number of rotatable bonds is 18. The monoisotopic (exact) mass is 536 g/mol. The molecule has 36 heavy (non-hydrogen) atoms. The minimum atomic E-state index is -0.610. The van der Waals surface area contributed by atoms with Gasteiger partial charge in [0.15, 0.2) is 0 Å². The molecule has 5 heteroatoms. The van der Waals surface area contributed by atoms with Crippen LogP contribution in [0.5, 0.6) is 0 Å². The van der Waals surface area contributed by atoms with Crippen molar-refractivity contribution in [3.05, 3.63) is 0 Å². The Balaban J connectivity index is 0. The molecule has 0 saturated carbocycles. The van der Waals surface area contributed by atoms with E-state index >= 15 is 0 Å². The fourth-order valence-corrected chi connectivity index (χ4v) is 4.34. The van der Waals surface area contributed by atoms with E-state index in [0.717, 1.165) is 38.5 Å². The van der Waals surface area contributed by atoms with Gasteiger partial charge in [-0.2, -0.15) is 0 Å². The number of esters is 2. The molecule has 0 aromatic rings. The summed E-state index contributed by atoms with van der Waals surface area (Å²) in [5, 5.41) is 0. The maximum atomic E-state index is 12.9. The summed E-state index contributed by atoms with van der Waals surface area (Å²) in [6.45, 7) is 21.1. The summed E-state index contributed by atoms with van der Waals surface area (Å²) < 4.78 is 12.0. The van der Waals surface area contributed by atoms with Crippen molar-refractivity contribution in [1.82, 2.24) is 0 Å². The number of unbranched alkanes of at least 4 members (excludes halogenated alkanes) is 10. The van der Waals surface area contributed by atoms with Crippen molar-refractivity contribution < 1.29 is 19.1 Å². The molecule has 0 aliphatic carbocycles. The van der Waals surface area contributed by atoms with Crippen LogP contribution in [0, 0.1) is 10.8 Å². The van der Waals surface area contributed by atoms with Crippen LogP contribution in [0.15, 0.2) is 0 Å². The molecule has 0 spiro atoms. The molecule has 0 radical (unpaired) electrons. The molecule has 0 amide bonds. The zero-order chi connectivity index (χ0) is 27.2. The summed E-state index contributed by atoms with van der Waals surface area (Å²) in [6, 6.07) is 0. The van der Waals surface area contributed by atoms with E-state index in [4.69, 9.17) is 9.47 Å². The van der Waals surface area contributed by atoms with Gasteiger partial charge < -0.3 is 9.47 Å². The summed E-state index contributed by atoms with van der Waals surface area (Å²) in [5.41, 5.74) is -1.65. The number of hydrogen-bond donors (Lipinski definition) is 0. The van der Waals surface area contributed by atoms with E-state index in [1.165, 1.54) is 51.4 Å². The Kier molecular flexibility index (Phi) is 20.2. The zero-order valence-corrected chi connectivity index (χ0v) is 25.2. The number of hydrogen-bond acceptors (Lipinski definition) is 4. The van der Waals surface area contributed by atoms with Gasteiger partial charge in [0.2, 0.25) is 0 Å². The van der Waals surface area contributed by atoms with Gasteiger partial charge in [-0.15, -0.1) is 0 Å². The van der Waals surface area contributed by atoms with Crippen LogP contribution < -0.4 is 0 Å². The van der Waals surface area contributed by atoms with Crippen molar-refractivity contribution >= 4 is 63.3 Å². The van der Waals surface area contributed by atoms with Gasteiger partial charge >= 0.3 is 63.3 Å². The van der Waals surface area contributed by atoms with Crippen molar-refractivity contribution in [2.45, 2.75) is 177 Å². The van der Waals surface area contributed by atoms with Gasteiger partial charge in [0.25, 0.3) is 0 Å². The summed E-state index contributed by atoms with van der Waals surface area (Å²) in [4.78, 5) is 25.7. The minimum absolute atomic E-state index is 0. The van der Waals surface area contributed by atoms with E-state index in [-0.39, 0.29) is 68.6 Å². The normalized spacial score (nSPS) is 15.4. The Morgan fingerprint density at radius 1 is 0.500 bits per heavy atom. The molecule has 0 fully saturated rings. The average Bonchev–Trinajstić information content (AvgIpc) is 2.71. The van der Waals surface area contributed by atoms with Crippen LogP contribution in [-0.4, -0.2) is 74.5 Å². The van der Waals surface area contributed by atoms with E-state index in [1.54, 1.807) is 0 Å². The quantitative estimate of drug-likeness (QED) is 0.0759. The first-order chi connectivity index (χ1) is 16.1. The van der Waals surface area contributed by atoms with Crippen molar-refractivity contribution in [3.8, 4) is 0 Å². The van der Waals surface area contributed by atoms with Crippen molar-refractivity contribution in [3.63, 3.8) is 0 Å². The van der Waals surface area contributed by atoms with Crippen LogP contribution in [0.25, 0.3) is 0 Å². The molecule has 0 aliphatic rings. The molecule has 0 rings (SSSR count). The van der Waals surface area contributed by atoms with E-state index in [1.807, 2.05) is 13.8 Å². The van der Waals surface area contributed by atoms with E-state index < -0.39 is 23.1 Å². The maximum absolute atomic E-state index is 12.9. The molecular formula is C31H61KO4. The predicted molar refractivity (Wildman–Crippen MR) is 156 cm³/mol. The molecule has 4 nitrogen and oxygen atoms in total. The summed E-state index contributed by atoms with van der Waals surface area (Å²) in [6.07, 6.45) is 15.6. The number of carbonyl (C=O) groups is 2. The molecule has 0 bridgehead atoms. The van der Waals surface area contributed by atoms with E-state index in [2.05, 4.69) is 55.4 Å². The molecule has 0 aromatic heterocycles. The zero-order valence-electron chi connectivity index (χ0n) is 25.2. The van der Waals surface area contributed by atoms with Crippen LogP contribution in [0.2, 0.25) is 0 Å². The topological polar surface area (TPSA) is 52.6 Å². The van der Waals surface area contributed by atoms with Gasteiger partial charge in [-0.3, -0.25) is 9.59 Å². The fourth-order valence-electron chi connectivity index (χ4n) is 4.34. The third kappa shape index (κ3) is 15.2. The van der Waals surface area contributed by atoms with Gasteiger partial charge in [-0.05, 0) is 39.5 Å². The first kappa shape index (κ1) is 38.7. The van der Waals surface area contributed by atoms with Crippen molar-refractivity contribution in [1.29, 1.82) is 0 Å². The third-order valence-electron chi connectivity index (χ3n) is 8.15. The SMILES string of the molecule is CCCCCCCCC(C)(OC(=O)CC(=O)OC(C)(CCCCCCCC)C(C)(C)C)C(C)(C)C.[KH]. The molecule has 0 aliphatic heterocycles. The first-order valence-corrected chi connectivity index (χ1v) is 14.6. The second kappa shape index (κ2) is 18.8. The van der Waals surface area contributed by atoms with Crippen LogP contribution in [0.3, 0.4) is 0 Å². The van der Waals surface area contributed by atoms with Crippen LogP contribution >= 0.6 is 0 Å². The summed E-state index contributed by atoms with van der Waals surface area (Å²) in [5.74, 6) is -0.955. The van der Waals surface area contributed by atoms with E-state index in [9.17, 15) is 9.59 Å². The Morgan fingerprint density at radius 3 is 1.06 bits per heavy atom. The van der Waals surface area contributed by atoms with Gasteiger partial charge in [0.1, 0.15) is 17.6 Å². The predicted octanol–water partition coefficient (Wildman–Crippen LogP) is 8.93. The molecule has 210 valence electrons. The average molecular weight is 537 g/mol. The Labute approximate surface area is 267 Å².